The van der Waals surface area contributed by atoms with Crippen LogP contribution in [0.25, 0.3) is 22.8 Å². The lowest BCUT2D eigenvalue weighted by atomic mass is 10.1. The molecule has 0 saturated heterocycles. The number of ether oxygens (including phenoxy) is 2. The van der Waals surface area contributed by atoms with Crippen molar-refractivity contribution in [2.24, 2.45) is 0 Å². The molecule has 1 aromatic heterocycles. The van der Waals surface area contributed by atoms with Crippen molar-refractivity contribution in [2.45, 2.75) is 20.0 Å². The summed E-state index contributed by atoms with van der Waals surface area (Å²) in [5.74, 6) is 0.505. The minimum Gasteiger partial charge on any atom is -0.507 e. The molecule has 31 heavy (non-hydrogen) atoms. The van der Waals surface area contributed by atoms with E-state index in [0.717, 1.165) is 11.1 Å². The van der Waals surface area contributed by atoms with E-state index in [1.807, 2.05) is 31.2 Å². The summed E-state index contributed by atoms with van der Waals surface area (Å²) in [7, 11) is 0. The Labute approximate surface area is 179 Å². The average molecular weight is 421 g/mol. The van der Waals surface area contributed by atoms with Crippen LogP contribution in [-0.4, -0.2) is 50.5 Å². The van der Waals surface area contributed by atoms with Crippen molar-refractivity contribution in [2.75, 3.05) is 13.2 Å². The largest absolute Gasteiger partial charge is 0.507 e. The van der Waals surface area contributed by atoms with E-state index >= 15 is 0 Å². The summed E-state index contributed by atoms with van der Waals surface area (Å²) in [4.78, 5) is 24.2. The van der Waals surface area contributed by atoms with E-state index < -0.39 is 12.1 Å². The molecule has 160 valence electrons. The first-order chi connectivity index (χ1) is 14.8. The lowest BCUT2D eigenvalue weighted by Crippen LogP contribution is -2.25. The predicted octanol–water partition coefficient (Wildman–Crippen LogP) is 3.08. The fourth-order valence-corrected chi connectivity index (χ4v) is 2.71. The summed E-state index contributed by atoms with van der Waals surface area (Å²) >= 11 is 0. The summed E-state index contributed by atoms with van der Waals surface area (Å²) in [5, 5.41) is 20.3. The van der Waals surface area contributed by atoms with Gasteiger partial charge >= 0.3 is 5.97 Å². The molecule has 0 spiro atoms. The molecule has 2 N–H and O–H groups in total. The number of hydrogen-bond acceptors (Lipinski definition) is 8. The van der Waals surface area contributed by atoms with Gasteiger partial charge in [0.2, 0.25) is 0 Å². The first-order valence-electron chi connectivity index (χ1n) is 9.57. The maximum absolute atomic E-state index is 11.3. The highest BCUT2D eigenvalue weighted by Crippen LogP contribution is 2.31. The van der Waals surface area contributed by atoms with Crippen LogP contribution in [0.3, 0.4) is 0 Å². The Morgan fingerprint density at radius 1 is 1.10 bits per heavy atom. The van der Waals surface area contributed by atoms with Gasteiger partial charge in [-0.15, -0.1) is 0 Å². The highest BCUT2D eigenvalue weighted by Gasteiger charge is 2.14. The molecule has 2 aromatic carbocycles. The SMILES string of the molecule is C=C(C)C(=O)OCC(O)COc1ccc(-c2ncnc(-c3ccccc3C)n2)c(O)c1. The van der Waals surface area contributed by atoms with Crippen molar-refractivity contribution in [1.29, 1.82) is 0 Å². The summed E-state index contributed by atoms with van der Waals surface area (Å²) < 4.78 is 10.3. The van der Waals surface area contributed by atoms with Crippen LogP contribution in [0, 0.1) is 6.92 Å². The van der Waals surface area contributed by atoms with Gasteiger partial charge in [0.05, 0.1) is 5.56 Å². The van der Waals surface area contributed by atoms with Crippen molar-refractivity contribution in [3.8, 4) is 34.3 Å². The zero-order valence-electron chi connectivity index (χ0n) is 17.3. The number of aliphatic hydroxyl groups excluding tert-OH is 1. The number of aliphatic hydroxyl groups is 1. The second kappa shape index (κ2) is 9.82. The first kappa shape index (κ1) is 21.9. The minimum atomic E-state index is -1.02. The second-order valence-corrected chi connectivity index (χ2v) is 6.97. The smallest absolute Gasteiger partial charge is 0.333 e. The van der Waals surface area contributed by atoms with Gasteiger partial charge in [0.25, 0.3) is 0 Å². The summed E-state index contributed by atoms with van der Waals surface area (Å²) in [6, 6.07) is 12.4. The van der Waals surface area contributed by atoms with Gasteiger partial charge in [0.15, 0.2) is 11.6 Å². The third kappa shape index (κ3) is 5.64. The number of benzene rings is 2. The maximum atomic E-state index is 11.3. The fourth-order valence-electron chi connectivity index (χ4n) is 2.71. The van der Waals surface area contributed by atoms with Crippen LogP contribution in [0.5, 0.6) is 11.5 Å². The maximum Gasteiger partial charge on any atom is 0.333 e. The Hall–Kier alpha value is -3.78. The van der Waals surface area contributed by atoms with Crippen molar-refractivity contribution in [3.05, 3.63) is 66.5 Å². The third-order valence-corrected chi connectivity index (χ3v) is 4.37. The molecule has 0 radical (unpaired) electrons. The topological polar surface area (TPSA) is 115 Å². The number of hydrogen-bond donors (Lipinski definition) is 2. The predicted molar refractivity (Wildman–Crippen MR) is 114 cm³/mol. The molecular weight excluding hydrogens is 398 g/mol. The van der Waals surface area contributed by atoms with Gasteiger partial charge in [-0.3, -0.25) is 0 Å². The average Bonchev–Trinajstić information content (AvgIpc) is 2.76. The molecule has 1 atom stereocenters. The van der Waals surface area contributed by atoms with Crippen LogP contribution >= 0.6 is 0 Å². The minimum absolute atomic E-state index is 0.0809. The van der Waals surface area contributed by atoms with E-state index in [1.165, 1.54) is 19.3 Å². The number of carbonyl (C=O) groups is 1. The van der Waals surface area contributed by atoms with E-state index in [-0.39, 0.29) is 24.5 Å². The van der Waals surface area contributed by atoms with Crippen molar-refractivity contribution in [3.63, 3.8) is 0 Å². The molecule has 0 amide bonds. The number of carbonyl (C=O) groups excluding carboxylic acids is 1. The number of aromatic nitrogens is 3. The van der Waals surface area contributed by atoms with Crippen LogP contribution in [0.2, 0.25) is 0 Å². The number of phenols is 1. The standard InChI is InChI=1S/C23H23N3O5/c1-14(2)23(29)31-12-16(27)11-30-17-8-9-19(20(28)10-17)22-25-13-24-21(26-22)18-7-5-4-6-15(18)3/h4-10,13,16,27-28H,1,11-12H2,2-3H3. The van der Waals surface area contributed by atoms with Gasteiger partial charge in [-0.2, -0.15) is 0 Å². The van der Waals surface area contributed by atoms with E-state index in [0.29, 0.717) is 23.0 Å². The summed E-state index contributed by atoms with van der Waals surface area (Å²) in [5.41, 5.74) is 2.57. The molecule has 0 bridgehead atoms. The highest BCUT2D eigenvalue weighted by atomic mass is 16.5. The van der Waals surface area contributed by atoms with E-state index in [9.17, 15) is 15.0 Å². The molecule has 0 fully saturated rings. The Morgan fingerprint density at radius 2 is 1.81 bits per heavy atom. The molecule has 0 aliphatic rings. The van der Waals surface area contributed by atoms with Crippen molar-refractivity contribution < 1.29 is 24.5 Å². The number of nitrogens with zero attached hydrogens (tertiary/aromatic N) is 3. The molecule has 8 heteroatoms. The van der Waals surface area contributed by atoms with Crippen molar-refractivity contribution in [1.82, 2.24) is 15.0 Å². The number of phenolic OH excluding ortho intramolecular Hbond substituents is 1. The molecule has 0 aliphatic heterocycles. The van der Waals surface area contributed by atoms with Gasteiger partial charge < -0.3 is 19.7 Å². The van der Waals surface area contributed by atoms with E-state index in [1.54, 1.807) is 12.1 Å². The Balaban J connectivity index is 1.69. The van der Waals surface area contributed by atoms with E-state index in [2.05, 4.69) is 21.5 Å². The lowest BCUT2D eigenvalue weighted by molar-refractivity contribution is -0.142. The Kier molecular flexibility index (Phi) is 6.94. The van der Waals surface area contributed by atoms with Crippen LogP contribution < -0.4 is 4.74 Å². The highest BCUT2D eigenvalue weighted by molar-refractivity contribution is 5.86. The van der Waals surface area contributed by atoms with Gasteiger partial charge in [0, 0.05) is 17.2 Å². The molecule has 0 saturated carbocycles. The van der Waals surface area contributed by atoms with Crippen LogP contribution in [0.15, 0.2) is 60.9 Å². The molecule has 1 unspecified atom stereocenters. The Morgan fingerprint density at radius 3 is 2.48 bits per heavy atom. The monoisotopic (exact) mass is 421 g/mol. The lowest BCUT2D eigenvalue weighted by Gasteiger charge is -2.13. The van der Waals surface area contributed by atoms with Gasteiger partial charge in [0.1, 0.15) is 37.1 Å². The molecule has 1 heterocycles. The van der Waals surface area contributed by atoms with Gasteiger partial charge in [-0.1, -0.05) is 30.8 Å². The van der Waals surface area contributed by atoms with Gasteiger partial charge in [-0.25, -0.2) is 19.7 Å². The summed E-state index contributed by atoms with van der Waals surface area (Å²) in [6.45, 7) is 6.62. The van der Waals surface area contributed by atoms with Crippen LogP contribution in [-0.2, 0) is 9.53 Å². The number of aromatic hydroxyl groups is 1. The first-order valence-corrected chi connectivity index (χ1v) is 9.57. The fraction of sp³-hybridized carbons (Fsp3) is 0.217. The number of rotatable bonds is 8. The zero-order valence-corrected chi connectivity index (χ0v) is 17.3. The molecule has 8 nitrogen and oxygen atoms in total. The van der Waals surface area contributed by atoms with E-state index in [4.69, 9.17) is 9.47 Å². The zero-order chi connectivity index (χ0) is 22.4. The van der Waals surface area contributed by atoms with Crippen LogP contribution in [0.1, 0.15) is 12.5 Å². The molecule has 3 rings (SSSR count). The Bertz CT molecular complexity index is 1100. The molecule has 3 aromatic rings. The molecule has 0 aliphatic carbocycles. The number of esters is 1. The third-order valence-electron chi connectivity index (χ3n) is 4.37. The van der Waals surface area contributed by atoms with Crippen molar-refractivity contribution >= 4 is 5.97 Å². The summed E-state index contributed by atoms with van der Waals surface area (Å²) in [6.07, 6.45) is 0.377. The quantitative estimate of drug-likeness (QED) is 0.421. The normalized spacial score (nSPS) is 11.6. The van der Waals surface area contributed by atoms with Gasteiger partial charge in [-0.05, 0) is 31.5 Å². The second-order valence-electron chi connectivity index (χ2n) is 6.97. The number of aryl methyl sites for hydroxylation is 1. The molecular formula is C23H23N3O5. The van der Waals surface area contributed by atoms with Crippen LogP contribution in [0.4, 0.5) is 0 Å².